The van der Waals surface area contributed by atoms with Gasteiger partial charge in [0.2, 0.25) is 5.91 Å². The van der Waals surface area contributed by atoms with E-state index in [4.69, 9.17) is 10.8 Å². The number of carbonyl (C=O) groups is 2. The Kier molecular flexibility index (Phi) is 3.60. The zero-order valence-electron chi connectivity index (χ0n) is 7.73. The molecule has 6 heteroatoms. The molecule has 0 aliphatic carbocycles. The highest BCUT2D eigenvalue weighted by Crippen LogP contribution is 2.17. The van der Waals surface area contributed by atoms with E-state index < -0.39 is 32.7 Å². The van der Waals surface area contributed by atoms with Crippen molar-refractivity contribution in [2.45, 2.75) is 30.8 Å². The molecule has 0 aliphatic rings. The lowest BCUT2D eigenvalue weighted by Gasteiger charge is -2.21. The molecule has 0 radical (unpaired) electrons. The van der Waals surface area contributed by atoms with Gasteiger partial charge in [0.1, 0.15) is 10.00 Å². The molecule has 0 heterocycles. The molecule has 0 rings (SSSR count). The Hall–Kier alpha value is -0.910. The maximum atomic E-state index is 11.5. The Bertz CT molecular complexity index is 261. The first-order chi connectivity index (χ1) is 5.71. The highest BCUT2D eigenvalue weighted by Gasteiger charge is 2.39. The summed E-state index contributed by atoms with van der Waals surface area (Å²) >= 11 is 0. The molecule has 0 aromatic carbocycles. The normalized spacial score (nSPS) is 16.2. The molecule has 0 saturated heterocycles. The minimum Gasteiger partial charge on any atom is -0.480 e. The van der Waals surface area contributed by atoms with Crippen molar-refractivity contribution in [3.8, 4) is 0 Å². The number of hydrogen-bond acceptors (Lipinski definition) is 3. The van der Waals surface area contributed by atoms with Gasteiger partial charge in [-0.25, -0.2) is 0 Å². The van der Waals surface area contributed by atoms with E-state index in [9.17, 15) is 13.8 Å². The number of carbonyl (C=O) groups excluding carboxylic acids is 1. The average molecular weight is 207 g/mol. The van der Waals surface area contributed by atoms with Crippen molar-refractivity contribution in [1.82, 2.24) is 0 Å². The minimum absolute atomic E-state index is 0.757. The van der Waals surface area contributed by atoms with Crippen LogP contribution < -0.4 is 5.73 Å². The first-order valence-electron chi connectivity index (χ1n) is 3.64. The smallest absolute Gasteiger partial charge is 0.321 e. The summed E-state index contributed by atoms with van der Waals surface area (Å²) in [5.41, 5.74) is 4.91. The summed E-state index contributed by atoms with van der Waals surface area (Å²) in [6, 6.07) is 0. The number of carboxylic acid groups (broad SMARTS) is 1. The van der Waals surface area contributed by atoms with Crippen LogP contribution >= 0.6 is 0 Å². The molecule has 0 aromatic heterocycles. The lowest BCUT2D eigenvalue weighted by Crippen LogP contribution is -2.44. The molecule has 0 saturated carbocycles. The fourth-order valence-corrected chi connectivity index (χ4v) is 1.90. The van der Waals surface area contributed by atoms with Crippen LogP contribution in [0.25, 0.3) is 0 Å². The molecule has 76 valence electrons. The van der Waals surface area contributed by atoms with Crippen LogP contribution in [-0.4, -0.2) is 31.2 Å². The lowest BCUT2D eigenvalue weighted by molar-refractivity contribution is -0.139. The molecular weight excluding hydrogens is 194 g/mol. The van der Waals surface area contributed by atoms with E-state index in [-0.39, 0.29) is 0 Å². The Morgan fingerprint density at radius 3 is 2.08 bits per heavy atom. The van der Waals surface area contributed by atoms with Crippen molar-refractivity contribution in [3.05, 3.63) is 0 Å². The third-order valence-corrected chi connectivity index (χ3v) is 3.79. The van der Waals surface area contributed by atoms with Gasteiger partial charge in [-0.05, 0) is 20.8 Å². The summed E-state index contributed by atoms with van der Waals surface area (Å²) in [6.45, 7) is 3.94. The molecule has 1 amide bonds. The number of rotatable bonds is 4. The number of primary amides is 1. The van der Waals surface area contributed by atoms with Gasteiger partial charge in [-0.1, -0.05) is 0 Å². The Morgan fingerprint density at radius 1 is 1.46 bits per heavy atom. The highest BCUT2D eigenvalue weighted by molar-refractivity contribution is 7.88. The Balaban J connectivity index is 4.79. The number of amides is 1. The molecule has 0 aliphatic heterocycles. The van der Waals surface area contributed by atoms with Gasteiger partial charge in [0.25, 0.3) is 0 Å². The van der Waals surface area contributed by atoms with Gasteiger partial charge >= 0.3 is 5.97 Å². The van der Waals surface area contributed by atoms with Gasteiger partial charge in [0, 0.05) is 0 Å². The summed E-state index contributed by atoms with van der Waals surface area (Å²) in [5, 5.41) is 7.74. The summed E-state index contributed by atoms with van der Waals surface area (Å²) in [6.07, 6.45) is 0. The maximum absolute atomic E-state index is 11.5. The van der Waals surface area contributed by atoms with Crippen LogP contribution in [0.1, 0.15) is 20.8 Å². The van der Waals surface area contributed by atoms with E-state index in [1.807, 2.05) is 0 Å². The average Bonchev–Trinajstić information content (AvgIpc) is 2.01. The van der Waals surface area contributed by atoms with Gasteiger partial charge in [0.05, 0.1) is 10.8 Å². The highest BCUT2D eigenvalue weighted by atomic mass is 32.2. The van der Waals surface area contributed by atoms with Crippen molar-refractivity contribution in [2.75, 3.05) is 0 Å². The van der Waals surface area contributed by atoms with Crippen LogP contribution in [0.3, 0.4) is 0 Å². The van der Waals surface area contributed by atoms with E-state index in [1.165, 1.54) is 20.8 Å². The minimum atomic E-state index is -1.81. The monoisotopic (exact) mass is 207 g/mol. The second-order valence-electron chi connectivity index (χ2n) is 3.16. The Morgan fingerprint density at radius 2 is 1.85 bits per heavy atom. The van der Waals surface area contributed by atoms with Gasteiger partial charge in [0.15, 0.2) is 0 Å². The predicted molar refractivity (Wildman–Crippen MR) is 48.5 cm³/mol. The van der Waals surface area contributed by atoms with Crippen LogP contribution in [-0.2, 0) is 20.4 Å². The first-order valence-corrected chi connectivity index (χ1v) is 4.86. The molecule has 3 N–H and O–H groups in total. The number of nitrogens with two attached hydrogens (primary N) is 1. The third kappa shape index (κ3) is 2.51. The second-order valence-corrected chi connectivity index (χ2v) is 5.48. The third-order valence-electron chi connectivity index (χ3n) is 1.74. The maximum Gasteiger partial charge on any atom is 0.321 e. The van der Waals surface area contributed by atoms with Crippen LogP contribution in [0.2, 0.25) is 0 Å². The standard InChI is InChI=1S/C7H13NO4S/c1-4(5(8)9)13(12)7(2,3)6(10)11/h4H,1-3H3,(H2,8,9)(H,10,11). The molecule has 0 spiro atoms. The van der Waals surface area contributed by atoms with E-state index >= 15 is 0 Å². The molecule has 2 atom stereocenters. The summed E-state index contributed by atoms with van der Waals surface area (Å²) < 4.78 is 10.0. The van der Waals surface area contributed by atoms with Crippen LogP contribution in [0, 0.1) is 0 Å². The van der Waals surface area contributed by atoms with Gasteiger partial charge < -0.3 is 10.8 Å². The molecular formula is C7H13NO4S. The quantitative estimate of drug-likeness (QED) is 0.647. The summed E-state index contributed by atoms with van der Waals surface area (Å²) in [5.74, 6) is -1.97. The first kappa shape index (κ1) is 12.1. The zero-order chi connectivity index (χ0) is 10.8. The van der Waals surface area contributed by atoms with E-state index in [2.05, 4.69) is 0 Å². The van der Waals surface area contributed by atoms with Gasteiger partial charge in [-0.3, -0.25) is 13.8 Å². The second kappa shape index (κ2) is 3.87. The lowest BCUT2D eigenvalue weighted by atomic mass is 10.2. The topological polar surface area (TPSA) is 97.5 Å². The van der Waals surface area contributed by atoms with Crippen LogP contribution in [0.4, 0.5) is 0 Å². The SMILES string of the molecule is CC(C(N)=O)S(=O)C(C)(C)C(=O)O. The van der Waals surface area contributed by atoms with Crippen molar-refractivity contribution in [2.24, 2.45) is 5.73 Å². The van der Waals surface area contributed by atoms with Crippen LogP contribution in [0.15, 0.2) is 0 Å². The van der Waals surface area contributed by atoms with E-state index in [1.54, 1.807) is 0 Å². The fraction of sp³-hybridized carbons (Fsp3) is 0.714. The van der Waals surface area contributed by atoms with E-state index in [0.29, 0.717) is 0 Å². The number of aliphatic carboxylic acids is 1. The van der Waals surface area contributed by atoms with Crippen LogP contribution in [0.5, 0.6) is 0 Å². The van der Waals surface area contributed by atoms with Crippen molar-refractivity contribution < 1.29 is 18.9 Å². The predicted octanol–water partition coefficient (Wildman–Crippen LogP) is -0.528. The van der Waals surface area contributed by atoms with Gasteiger partial charge in [-0.15, -0.1) is 0 Å². The molecule has 13 heavy (non-hydrogen) atoms. The summed E-state index contributed by atoms with van der Waals surface area (Å²) in [4.78, 5) is 21.3. The molecule has 0 aromatic rings. The summed E-state index contributed by atoms with van der Waals surface area (Å²) in [7, 11) is -1.81. The van der Waals surface area contributed by atoms with Crippen molar-refractivity contribution >= 4 is 22.7 Å². The van der Waals surface area contributed by atoms with Crippen molar-refractivity contribution in [1.29, 1.82) is 0 Å². The van der Waals surface area contributed by atoms with E-state index in [0.717, 1.165) is 0 Å². The van der Waals surface area contributed by atoms with Crippen molar-refractivity contribution in [3.63, 3.8) is 0 Å². The fourth-order valence-electron chi connectivity index (χ4n) is 0.633. The number of hydrogen-bond donors (Lipinski definition) is 2. The Labute approximate surface area is 78.8 Å². The molecule has 0 fully saturated rings. The molecule has 2 unspecified atom stereocenters. The number of carboxylic acids is 1. The molecule has 5 nitrogen and oxygen atoms in total. The zero-order valence-corrected chi connectivity index (χ0v) is 8.55. The van der Waals surface area contributed by atoms with Gasteiger partial charge in [-0.2, -0.15) is 0 Å². The molecule has 0 bridgehead atoms. The largest absolute Gasteiger partial charge is 0.480 e.